The van der Waals surface area contributed by atoms with Gasteiger partial charge < -0.3 is 10.6 Å². The van der Waals surface area contributed by atoms with Crippen LogP contribution in [0.5, 0.6) is 0 Å². The highest BCUT2D eigenvalue weighted by atomic mass is 35.5. The number of aryl methyl sites for hydroxylation is 1. The van der Waals surface area contributed by atoms with E-state index in [1.165, 1.54) is 11.8 Å². The van der Waals surface area contributed by atoms with E-state index < -0.39 is 11.8 Å². The summed E-state index contributed by atoms with van der Waals surface area (Å²) in [5.74, 6) is -1.000. The molecule has 1 aliphatic heterocycles. The SMILES string of the molecule is CC(=O)Nc1ccc(C2=C(Nc3ccc(C)c(Cl)c3)C(=O)N(Cc3ccccc3)C2=O)cc1. The molecule has 3 aromatic carbocycles. The fourth-order valence-electron chi connectivity index (χ4n) is 3.61. The second-order valence-electron chi connectivity index (χ2n) is 7.78. The lowest BCUT2D eigenvalue weighted by Gasteiger charge is -2.15. The van der Waals surface area contributed by atoms with Crippen molar-refractivity contribution in [2.75, 3.05) is 10.6 Å². The van der Waals surface area contributed by atoms with Crippen molar-refractivity contribution in [2.45, 2.75) is 20.4 Å². The van der Waals surface area contributed by atoms with Gasteiger partial charge in [-0.25, -0.2) is 0 Å². The highest BCUT2D eigenvalue weighted by Gasteiger charge is 2.39. The quantitative estimate of drug-likeness (QED) is 0.508. The van der Waals surface area contributed by atoms with E-state index in [0.717, 1.165) is 11.1 Å². The van der Waals surface area contributed by atoms with Gasteiger partial charge >= 0.3 is 0 Å². The van der Waals surface area contributed by atoms with Crippen LogP contribution in [0.2, 0.25) is 5.02 Å². The van der Waals surface area contributed by atoms with Gasteiger partial charge in [0.05, 0.1) is 12.1 Å². The van der Waals surface area contributed by atoms with Crippen LogP contribution in [-0.4, -0.2) is 22.6 Å². The minimum Gasteiger partial charge on any atom is -0.350 e. The Kier molecular flexibility index (Phi) is 6.29. The number of imide groups is 1. The molecular weight excluding hydrogens is 438 g/mol. The number of anilines is 2. The summed E-state index contributed by atoms with van der Waals surface area (Å²) in [6.07, 6.45) is 0. The van der Waals surface area contributed by atoms with Crippen LogP contribution in [0.1, 0.15) is 23.6 Å². The van der Waals surface area contributed by atoms with Crippen molar-refractivity contribution in [1.29, 1.82) is 0 Å². The molecule has 0 unspecified atom stereocenters. The van der Waals surface area contributed by atoms with Crippen LogP contribution in [0.15, 0.2) is 78.5 Å². The number of rotatable bonds is 6. The zero-order valence-corrected chi connectivity index (χ0v) is 18.9. The number of halogens is 1. The number of carbonyl (C=O) groups is 3. The molecule has 6 nitrogen and oxygen atoms in total. The summed E-state index contributed by atoms with van der Waals surface area (Å²) in [5.41, 5.74) is 3.98. The van der Waals surface area contributed by atoms with E-state index in [1.807, 2.05) is 49.4 Å². The Balaban J connectivity index is 1.73. The first-order valence-corrected chi connectivity index (χ1v) is 10.8. The number of benzene rings is 3. The van der Waals surface area contributed by atoms with Crippen LogP contribution in [0.25, 0.3) is 5.57 Å². The second kappa shape index (κ2) is 9.30. The molecule has 3 amide bonds. The molecule has 0 bridgehead atoms. The van der Waals surface area contributed by atoms with Crippen LogP contribution in [0, 0.1) is 6.92 Å². The predicted molar refractivity (Wildman–Crippen MR) is 129 cm³/mol. The standard InChI is InChI=1S/C26H22ClN3O3/c1-16-8-11-21(14-22(16)27)29-24-23(19-9-12-20(13-10-19)28-17(2)31)25(32)30(26(24)33)15-18-6-4-3-5-7-18/h3-14,29H,15H2,1-2H3,(H,28,31). The second-order valence-corrected chi connectivity index (χ2v) is 8.19. The fraction of sp³-hybridized carbons (Fsp3) is 0.115. The van der Waals surface area contributed by atoms with Gasteiger partial charge in [0.25, 0.3) is 11.8 Å². The first-order valence-electron chi connectivity index (χ1n) is 10.4. The molecule has 166 valence electrons. The van der Waals surface area contributed by atoms with Crippen LogP contribution in [0.4, 0.5) is 11.4 Å². The molecule has 0 radical (unpaired) electrons. The van der Waals surface area contributed by atoms with E-state index in [-0.39, 0.29) is 23.7 Å². The topological polar surface area (TPSA) is 78.5 Å². The number of hydrogen-bond acceptors (Lipinski definition) is 4. The summed E-state index contributed by atoms with van der Waals surface area (Å²) in [5, 5.41) is 6.37. The van der Waals surface area contributed by atoms with Gasteiger partial charge in [0, 0.05) is 23.3 Å². The molecule has 0 atom stereocenters. The average molecular weight is 460 g/mol. The Morgan fingerprint density at radius 3 is 2.21 bits per heavy atom. The molecule has 0 saturated carbocycles. The van der Waals surface area contributed by atoms with Gasteiger partial charge in [0.1, 0.15) is 5.70 Å². The van der Waals surface area contributed by atoms with Crippen molar-refractivity contribution < 1.29 is 14.4 Å². The third-order valence-corrected chi connectivity index (χ3v) is 5.69. The lowest BCUT2D eigenvalue weighted by atomic mass is 10.0. The van der Waals surface area contributed by atoms with Crippen LogP contribution in [-0.2, 0) is 20.9 Å². The molecule has 0 spiro atoms. The molecule has 2 N–H and O–H groups in total. The summed E-state index contributed by atoms with van der Waals surface area (Å²) in [7, 11) is 0. The highest BCUT2D eigenvalue weighted by molar-refractivity contribution is 6.36. The molecule has 0 aliphatic carbocycles. The lowest BCUT2D eigenvalue weighted by Crippen LogP contribution is -2.31. The van der Waals surface area contributed by atoms with Crippen molar-refractivity contribution in [3.63, 3.8) is 0 Å². The van der Waals surface area contributed by atoms with Crippen molar-refractivity contribution in [3.05, 3.63) is 100 Å². The van der Waals surface area contributed by atoms with E-state index >= 15 is 0 Å². The van der Waals surface area contributed by atoms with E-state index in [2.05, 4.69) is 10.6 Å². The first kappa shape index (κ1) is 22.3. The van der Waals surface area contributed by atoms with Crippen molar-refractivity contribution in [1.82, 2.24) is 4.90 Å². The Morgan fingerprint density at radius 1 is 0.909 bits per heavy atom. The number of nitrogens with zero attached hydrogens (tertiary/aromatic N) is 1. The lowest BCUT2D eigenvalue weighted by molar-refractivity contribution is -0.137. The van der Waals surface area contributed by atoms with E-state index in [1.54, 1.807) is 30.3 Å². The fourth-order valence-corrected chi connectivity index (χ4v) is 3.79. The predicted octanol–water partition coefficient (Wildman–Crippen LogP) is 5.00. The number of hydrogen-bond donors (Lipinski definition) is 2. The summed E-state index contributed by atoms with van der Waals surface area (Å²) >= 11 is 6.26. The molecule has 3 aromatic rings. The maximum Gasteiger partial charge on any atom is 0.278 e. The third-order valence-electron chi connectivity index (χ3n) is 5.29. The van der Waals surface area contributed by atoms with Gasteiger partial charge in [0.15, 0.2) is 0 Å². The minimum atomic E-state index is -0.415. The van der Waals surface area contributed by atoms with Gasteiger partial charge in [-0.3, -0.25) is 19.3 Å². The maximum absolute atomic E-state index is 13.4. The Labute approximate surface area is 196 Å². The smallest absolute Gasteiger partial charge is 0.278 e. The molecular formula is C26H22ClN3O3. The molecule has 1 aliphatic rings. The molecule has 7 heteroatoms. The summed E-state index contributed by atoms with van der Waals surface area (Å²) in [6, 6.07) is 21.5. The molecule has 33 heavy (non-hydrogen) atoms. The maximum atomic E-state index is 13.4. The van der Waals surface area contributed by atoms with Gasteiger partial charge in [0.2, 0.25) is 5.91 Å². The average Bonchev–Trinajstić information content (AvgIpc) is 3.01. The van der Waals surface area contributed by atoms with Gasteiger partial charge in [-0.2, -0.15) is 0 Å². The number of carbonyl (C=O) groups excluding carboxylic acids is 3. The third kappa shape index (κ3) is 4.81. The number of amides is 3. The summed E-state index contributed by atoms with van der Waals surface area (Å²) in [6.45, 7) is 3.47. The van der Waals surface area contributed by atoms with Crippen molar-refractivity contribution >= 4 is 46.3 Å². The largest absolute Gasteiger partial charge is 0.350 e. The first-order chi connectivity index (χ1) is 15.8. The van der Waals surface area contributed by atoms with E-state index in [4.69, 9.17) is 11.6 Å². The van der Waals surface area contributed by atoms with Crippen molar-refractivity contribution in [3.8, 4) is 0 Å². The van der Waals surface area contributed by atoms with E-state index in [9.17, 15) is 14.4 Å². The Bertz CT molecular complexity index is 1270. The van der Waals surface area contributed by atoms with Gasteiger partial charge in [-0.15, -0.1) is 0 Å². The zero-order chi connectivity index (χ0) is 23.5. The van der Waals surface area contributed by atoms with Crippen molar-refractivity contribution in [2.24, 2.45) is 0 Å². The van der Waals surface area contributed by atoms with Gasteiger partial charge in [-0.05, 0) is 47.9 Å². The Morgan fingerprint density at radius 2 is 1.58 bits per heavy atom. The van der Waals surface area contributed by atoms with Crippen LogP contribution in [0.3, 0.4) is 0 Å². The molecule has 1 heterocycles. The zero-order valence-electron chi connectivity index (χ0n) is 18.2. The van der Waals surface area contributed by atoms with E-state index in [0.29, 0.717) is 22.0 Å². The molecule has 0 fully saturated rings. The highest BCUT2D eigenvalue weighted by Crippen LogP contribution is 2.33. The normalized spacial score (nSPS) is 13.5. The summed E-state index contributed by atoms with van der Waals surface area (Å²) < 4.78 is 0. The molecule has 4 rings (SSSR count). The molecule has 0 aromatic heterocycles. The molecule has 0 saturated heterocycles. The number of nitrogens with one attached hydrogen (secondary N) is 2. The van der Waals surface area contributed by atoms with Crippen LogP contribution >= 0.6 is 11.6 Å². The van der Waals surface area contributed by atoms with Crippen LogP contribution < -0.4 is 10.6 Å². The minimum absolute atomic E-state index is 0.159. The van der Waals surface area contributed by atoms with Gasteiger partial charge in [-0.1, -0.05) is 60.1 Å². The Hall–Kier alpha value is -3.90. The monoisotopic (exact) mass is 459 g/mol. The summed E-state index contributed by atoms with van der Waals surface area (Å²) in [4.78, 5) is 39.3.